The molecule has 0 radical (unpaired) electrons. The number of nitrogens with zero attached hydrogens (tertiary/aromatic N) is 2. The van der Waals surface area contributed by atoms with Gasteiger partial charge in [-0.15, -0.1) is 0 Å². The fourth-order valence-electron chi connectivity index (χ4n) is 2.34. The first kappa shape index (κ1) is 12.6. The van der Waals surface area contributed by atoms with E-state index in [1.807, 2.05) is 4.90 Å². The molecule has 18 heavy (non-hydrogen) atoms. The van der Waals surface area contributed by atoms with Crippen LogP contribution in [0.3, 0.4) is 0 Å². The molecule has 0 aromatic carbocycles. The fourth-order valence-corrected chi connectivity index (χ4v) is 2.34. The second-order valence-corrected chi connectivity index (χ2v) is 5.01. The summed E-state index contributed by atoms with van der Waals surface area (Å²) in [6.07, 6.45) is 3.14. The molecule has 2 heterocycles. The van der Waals surface area contributed by atoms with E-state index < -0.39 is 11.5 Å². The second kappa shape index (κ2) is 4.45. The van der Waals surface area contributed by atoms with Crippen LogP contribution >= 0.6 is 0 Å². The van der Waals surface area contributed by atoms with Gasteiger partial charge in [0.2, 0.25) is 0 Å². The molecule has 1 saturated heterocycles. The maximum absolute atomic E-state index is 11.4. The zero-order chi connectivity index (χ0) is 13.3. The van der Waals surface area contributed by atoms with Gasteiger partial charge in [-0.1, -0.05) is 0 Å². The van der Waals surface area contributed by atoms with Crippen LogP contribution in [-0.2, 0) is 0 Å². The molecule has 98 valence electrons. The Hall–Kier alpha value is -1.82. The number of primary amides is 1. The highest BCUT2D eigenvalue weighted by molar-refractivity contribution is 5.99. The van der Waals surface area contributed by atoms with Gasteiger partial charge < -0.3 is 21.5 Å². The van der Waals surface area contributed by atoms with Crippen molar-refractivity contribution in [2.45, 2.75) is 25.4 Å². The lowest BCUT2D eigenvalue weighted by Crippen LogP contribution is -2.46. The van der Waals surface area contributed by atoms with Crippen molar-refractivity contribution in [3.8, 4) is 0 Å². The van der Waals surface area contributed by atoms with Crippen molar-refractivity contribution in [2.24, 2.45) is 5.73 Å². The van der Waals surface area contributed by atoms with Crippen LogP contribution in [0.5, 0.6) is 0 Å². The lowest BCUT2D eigenvalue weighted by atomic mass is 9.94. The number of piperidine rings is 1. The van der Waals surface area contributed by atoms with E-state index in [0.717, 1.165) is 19.4 Å². The van der Waals surface area contributed by atoms with Crippen LogP contribution < -0.4 is 16.4 Å². The average molecular weight is 250 g/mol. The predicted octanol–water partition coefficient (Wildman–Crippen LogP) is 0.114. The molecule has 0 spiro atoms. The number of pyridine rings is 1. The predicted molar refractivity (Wildman–Crippen MR) is 69.2 cm³/mol. The van der Waals surface area contributed by atoms with E-state index in [4.69, 9.17) is 11.5 Å². The van der Waals surface area contributed by atoms with Crippen molar-refractivity contribution < 1.29 is 9.90 Å². The number of β-amino-alcohol motifs (C(OH)–C–C–N with tert-alkyl or cyclic N) is 1. The highest BCUT2D eigenvalue weighted by Crippen LogP contribution is 2.28. The summed E-state index contributed by atoms with van der Waals surface area (Å²) in [4.78, 5) is 17.3. The van der Waals surface area contributed by atoms with Gasteiger partial charge in [0.15, 0.2) is 0 Å². The Morgan fingerprint density at radius 2 is 2.33 bits per heavy atom. The molecule has 0 saturated carbocycles. The molecule has 0 bridgehead atoms. The Kier molecular flexibility index (Phi) is 3.13. The van der Waals surface area contributed by atoms with Crippen molar-refractivity contribution in [3.63, 3.8) is 0 Å². The van der Waals surface area contributed by atoms with E-state index in [1.54, 1.807) is 6.92 Å². The molecule has 1 aromatic heterocycles. The summed E-state index contributed by atoms with van der Waals surface area (Å²) in [5.74, 6) is -0.277. The topological polar surface area (TPSA) is 105 Å². The number of carbonyl (C=O) groups excluding carboxylic acids is 1. The summed E-state index contributed by atoms with van der Waals surface area (Å²) in [6, 6.07) is 1.47. The monoisotopic (exact) mass is 250 g/mol. The molecule has 1 atom stereocenters. The molecule has 6 nitrogen and oxygen atoms in total. The van der Waals surface area contributed by atoms with Crippen LogP contribution in [0.4, 0.5) is 11.5 Å². The molecule has 2 rings (SSSR count). The Bertz CT molecular complexity index is 473. The van der Waals surface area contributed by atoms with Gasteiger partial charge in [0.25, 0.3) is 5.91 Å². The number of rotatable bonds is 2. The minimum Gasteiger partial charge on any atom is -0.388 e. The Morgan fingerprint density at radius 1 is 1.61 bits per heavy atom. The van der Waals surface area contributed by atoms with E-state index in [1.165, 1.54) is 12.3 Å². The fraction of sp³-hybridized carbons (Fsp3) is 0.500. The molecule has 1 amide bonds. The van der Waals surface area contributed by atoms with Crippen LogP contribution in [0.1, 0.15) is 30.1 Å². The van der Waals surface area contributed by atoms with Crippen molar-refractivity contribution in [3.05, 3.63) is 17.8 Å². The quantitative estimate of drug-likeness (QED) is 0.691. The van der Waals surface area contributed by atoms with Crippen molar-refractivity contribution in [1.82, 2.24) is 4.98 Å². The molecule has 1 aromatic rings. The molecule has 6 heteroatoms. The SMILES string of the molecule is CC1(O)CCCN(c2cnc(N)cc2C(N)=O)C1. The van der Waals surface area contributed by atoms with E-state index in [9.17, 15) is 9.90 Å². The van der Waals surface area contributed by atoms with Crippen LogP contribution in [0.2, 0.25) is 0 Å². The number of nitrogens with two attached hydrogens (primary N) is 2. The molecular weight excluding hydrogens is 232 g/mol. The number of anilines is 2. The first-order chi connectivity index (χ1) is 8.39. The molecular formula is C12H18N4O2. The normalized spacial score (nSPS) is 24.0. The number of aliphatic hydroxyl groups is 1. The minimum absolute atomic E-state index is 0.260. The van der Waals surface area contributed by atoms with Gasteiger partial charge in [-0.3, -0.25) is 4.79 Å². The van der Waals surface area contributed by atoms with E-state index in [2.05, 4.69) is 4.98 Å². The lowest BCUT2D eigenvalue weighted by molar-refractivity contribution is 0.0448. The number of carbonyl (C=O) groups is 1. The third-order valence-corrected chi connectivity index (χ3v) is 3.19. The van der Waals surface area contributed by atoms with Gasteiger partial charge in [0.1, 0.15) is 5.82 Å². The molecule has 1 fully saturated rings. The lowest BCUT2D eigenvalue weighted by Gasteiger charge is -2.38. The van der Waals surface area contributed by atoms with Crippen molar-refractivity contribution >= 4 is 17.4 Å². The van der Waals surface area contributed by atoms with Crippen LogP contribution in [0.15, 0.2) is 12.3 Å². The van der Waals surface area contributed by atoms with Crippen LogP contribution in [-0.4, -0.2) is 34.7 Å². The maximum atomic E-state index is 11.4. The summed E-state index contributed by atoms with van der Waals surface area (Å²) in [6.45, 7) is 3.01. The maximum Gasteiger partial charge on any atom is 0.251 e. The highest BCUT2D eigenvalue weighted by Gasteiger charge is 2.30. The molecule has 0 aliphatic carbocycles. The van der Waals surface area contributed by atoms with Gasteiger partial charge in [0, 0.05) is 13.1 Å². The third kappa shape index (κ3) is 2.53. The van der Waals surface area contributed by atoms with E-state index in [0.29, 0.717) is 17.8 Å². The smallest absolute Gasteiger partial charge is 0.251 e. The summed E-state index contributed by atoms with van der Waals surface area (Å²) in [5.41, 5.74) is 11.1. The van der Waals surface area contributed by atoms with Crippen molar-refractivity contribution in [1.29, 1.82) is 0 Å². The van der Waals surface area contributed by atoms with Crippen LogP contribution in [0, 0.1) is 0 Å². The molecule has 1 aliphatic heterocycles. The Morgan fingerprint density at radius 3 is 2.94 bits per heavy atom. The third-order valence-electron chi connectivity index (χ3n) is 3.19. The van der Waals surface area contributed by atoms with E-state index >= 15 is 0 Å². The summed E-state index contributed by atoms with van der Waals surface area (Å²) < 4.78 is 0. The van der Waals surface area contributed by atoms with Gasteiger partial charge in [-0.2, -0.15) is 0 Å². The standard InChI is InChI=1S/C12H18N4O2/c1-12(18)3-2-4-16(7-12)9-6-15-10(13)5-8(9)11(14)17/h5-6,18H,2-4,7H2,1H3,(H2,13,15)(H2,14,17). The first-order valence-corrected chi connectivity index (χ1v) is 5.92. The van der Waals surface area contributed by atoms with Gasteiger partial charge in [-0.05, 0) is 25.8 Å². The molecule has 5 N–H and O–H groups in total. The number of nitrogen functional groups attached to an aromatic ring is 1. The highest BCUT2D eigenvalue weighted by atomic mass is 16.3. The first-order valence-electron chi connectivity index (χ1n) is 5.92. The largest absolute Gasteiger partial charge is 0.388 e. The summed E-state index contributed by atoms with van der Waals surface area (Å²) in [7, 11) is 0. The number of aromatic nitrogens is 1. The summed E-state index contributed by atoms with van der Waals surface area (Å²) in [5, 5.41) is 10.1. The summed E-state index contributed by atoms with van der Waals surface area (Å²) >= 11 is 0. The zero-order valence-electron chi connectivity index (χ0n) is 10.4. The number of amides is 1. The Labute approximate surface area is 106 Å². The Balaban J connectivity index is 2.35. The molecule has 1 unspecified atom stereocenters. The number of hydrogen-bond acceptors (Lipinski definition) is 5. The zero-order valence-corrected chi connectivity index (χ0v) is 10.4. The second-order valence-electron chi connectivity index (χ2n) is 5.01. The number of hydrogen-bond donors (Lipinski definition) is 3. The van der Waals surface area contributed by atoms with E-state index in [-0.39, 0.29) is 5.82 Å². The van der Waals surface area contributed by atoms with Gasteiger partial charge >= 0.3 is 0 Å². The minimum atomic E-state index is -0.755. The molecule has 1 aliphatic rings. The van der Waals surface area contributed by atoms with Gasteiger partial charge in [-0.25, -0.2) is 4.98 Å². The van der Waals surface area contributed by atoms with Crippen LogP contribution in [0.25, 0.3) is 0 Å². The van der Waals surface area contributed by atoms with Crippen molar-refractivity contribution in [2.75, 3.05) is 23.7 Å². The van der Waals surface area contributed by atoms with Gasteiger partial charge in [0.05, 0.1) is 23.0 Å². The average Bonchev–Trinajstić information content (AvgIpc) is 2.27.